The van der Waals surface area contributed by atoms with Crippen LogP contribution in [0.4, 0.5) is 0 Å². The Bertz CT molecular complexity index is 2340. The van der Waals surface area contributed by atoms with Crippen LogP contribution in [0.15, 0.2) is 139 Å². The number of pyridine rings is 1. The summed E-state index contributed by atoms with van der Waals surface area (Å²) in [4.78, 5) is 55.4. The zero-order chi connectivity index (χ0) is 80.3. The molecule has 4 amide bonds. The largest absolute Gasteiger partial charge is 0.310 e. The van der Waals surface area contributed by atoms with Gasteiger partial charge in [0.05, 0.1) is 0 Å². The quantitative estimate of drug-likeness (QED) is 0.0971. The van der Waals surface area contributed by atoms with Crippen molar-refractivity contribution in [3.05, 3.63) is 172 Å². The molecule has 5 aromatic carbocycles. The first kappa shape index (κ1) is 122. The number of amides is 4. The van der Waals surface area contributed by atoms with E-state index in [1.54, 1.807) is 35.4 Å². The van der Waals surface area contributed by atoms with E-state index in [0.29, 0.717) is 35.3 Å². The molecule has 0 N–H and O–H groups in total. The molecule has 9 heteroatoms. The summed E-state index contributed by atoms with van der Waals surface area (Å²) in [7, 11) is 8.22. The molecule has 3 aliphatic rings. The maximum Gasteiger partial charge on any atom is 0.261 e. The van der Waals surface area contributed by atoms with Gasteiger partial charge in [0, 0.05) is 58.2 Å². The Balaban J connectivity index is -0.0000000757. The molecule has 1 aromatic heterocycles. The van der Waals surface area contributed by atoms with Crippen molar-refractivity contribution in [1.29, 1.82) is 0 Å². The van der Waals surface area contributed by atoms with Crippen molar-refractivity contribution in [3.8, 4) is 0 Å². The summed E-state index contributed by atoms with van der Waals surface area (Å²) < 4.78 is 2.12. The maximum atomic E-state index is 12.1. The van der Waals surface area contributed by atoms with E-state index < -0.39 is 0 Å². The minimum Gasteiger partial charge on any atom is -0.310 e. The molecule has 0 spiro atoms. The van der Waals surface area contributed by atoms with E-state index in [9.17, 15) is 19.2 Å². The molecule has 2 aliphatic heterocycles. The Labute approximate surface area is 614 Å². The number of carbonyl (C=O) groups excluding carboxylic acids is 4. The van der Waals surface area contributed by atoms with Gasteiger partial charge in [0.25, 0.3) is 23.6 Å². The van der Waals surface area contributed by atoms with E-state index in [4.69, 9.17) is 0 Å². The van der Waals surface area contributed by atoms with Crippen molar-refractivity contribution < 1.29 is 23.7 Å². The van der Waals surface area contributed by atoms with E-state index in [1.165, 1.54) is 46.6 Å². The molecule has 0 atom stereocenters. The second kappa shape index (κ2) is 97.1. The molecule has 572 valence electrons. The van der Waals surface area contributed by atoms with Crippen LogP contribution in [0.1, 0.15) is 335 Å². The first-order chi connectivity index (χ1) is 47.6. The van der Waals surface area contributed by atoms with E-state index in [-0.39, 0.29) is 23.6 Å². The fourth-order valence-electron chi connectivity index (χ4n) is 7.06. The van der Waals surface area contributed by atoms with Gasteiger partial charge in [0.2, 0.25) is 0 Å². The zero-order valence-corrected chi connectivity index (χ0v) is 73.4. The predicted octanol–water partition coefficient (Wildman–Crippen LogP) is 27.4. The van der Waals surface area contributed by atoms with Crippen molar-refractivity contribution in [2.24, 2.45) is 0 Å². The number of carbonyl (C=O) groups is 4. The van der Waals surface area contributed by atoms with Crippen LogP contribution in [0.3, 0.4) is 0 Å². The van der Waals surface area contributed by atoms with Gasteiger partial charge >= 0.3 is 0 Å². The lowest BCUT2D eigenvalue weighted by Gasteiger charge is -2.25. The number of aryl methyl sites for hydroxylation is 3. The number of hydrogen-bond donors (Lipinski definition) is 0. The monoisotopic (exact) mass is 1370 g/mol. The zero-order valence-electron chi connectivity index (χ0n) is 73.4. The number of fused-ring (bicyclic) bond motifs is 1. The molecule has 0 unspecified atom stereocenters. The fraction of sp³-hybridized carbons (Fsp3) is 0.584. The third kappa shape index (κ3) is 54.6. The average molecular weight is 1370 g/mol. The van der Waals surface area contributed by atoms with Crippen molar-refractivity contribution in [3.63, 3.8) is 0 Å². The number of hydrogen-bond acceptors (Lipinski definition) is 6. The summed E-state index contributed by atoms with van der Waals surface area (Å²) >= 11 is 0. The topological polar surface area (TPSA) is 85.1 Å². The highest BCUT2D eigenvalue weighted by atomic mass is 16.2. The first-order valence-corrected chi connectivity index (χ1v) is 39.2. The van der Waals surface area contributed by atoms with Crippen LogP contribution >= 0.6 is 0 Å². The Kier molecular flexibility index (Phi) is 121. The third-order valence-electron chi connectivity index (χ3n) is 12.0. The maximum absolute atomic E-state index is 12.1. The molecule has 0 bridgehead atoms. The number of aromatic nitrogens is 1. The number of benzene rings is 5. The minimum absolute atomic E-state index is 0.193. The van der Waals surface area contributed by atoms with Crippen molar-refractivity contribution in [2.45, 2.75) is 302 Å². The number of rotatable bonds is 5. The van der Waals surface area contributed by atoms with Gasteiger partial charge in [0.1, 0.15) is 6.54 Å². The third-order valence-corrected chi connectivity index (χ3v) is 12.0. The number of nitrogens with zero attached hydrogens (tertiary/aromatic N) is 5. The Morgan fingerprint density at radius 1 is 0.327 bits per heavy atom. The average Bonchev–Trinajstić information content (AvgIpc) is 0.764. The van der Waals surface area contributed by atoms with Crippen LogP contribution in [0, 0.1) is 0 Å². The lowest BCUT2D eigenvalue weighted by Crippen LogP contribution is -2.39. The van der Waals surface area contributed by atoms with Crippen LogP contribution in [-0.4, -0.2) is 97.6 Å². The van der Waals surface area contributed by atoms with Gasteiger partial charge in [-0.3, -0.25) is 29.0 Å². The van der Waals surface area contributed by atoms with Gasteiger partial charge in [-0.2, -0.15) is 0 Å². The predicted molar refractivity (Wildman–Crippen MR) is 454 cm³/mol. The fourth-order valence-corrected chi connectivity index (χ4v) is 7.06. The van der Waals surface area contributed by atoms with Gasteiger partial charge < -0.3 is 9.80 Å². The minimum atomic E-state index is -0.193. The van der Waals surface area contributed by atoms with Gasteiger partial charge in [-0.1, -0.05) is 312 Å². The van der Waals surface area contributed by atoms with Gasteiger partial charge in [0.15, 0.2) is 12.4 Å². The molecule has 0 radical (unpaired) electrons. The van der Waals surface area contributed by atoms with Gasteiger partial charge in [-0.05, 0) is 162 Å². The normalized spacial score (nSPS) is 9.85. The summed E-state index contributed by atoms with van der Waals surface area (Å²) in [5.74, 6) is -0.771. The van der Waals surface area contributed by atoms with E-state index >= 15 is 0 Å². The van der Waals surface area contributed by atoms with E-state index in [1.807, 2.05) is 288 Å². The van der Waals surface area contributed by atoms with Crippen LogP contribution in [0.5, 0.6) is 0 Å². The highest BCUT2D eigenvalue weighted by Crippen LogP contribution is 2.31. The second-order valence-corrected chi connectivity index (χ2v) is 17.6. The summed E-state index contributed by atoms with van der Waals surface area (Å²) in [5.41, 5.74) is 8.51. The lowest BCUT2D eigenvalue weighted by molar-refractivity contribution is -0.693. The Morgan fingerprint density at radius 2 is 0.541 bits per heavy atom. The van der Waals surface area contributed by atoms with Crippen molar-refractivity contribution in [2.75, 3.05) is 54.4 Å². The lowest BCUT2D eigenvalue weighted by atomic mass is 9.92. The van der Waals surface area contributed by atoms with E-state index in [2.05, 4.69) is 128 Å². The van der Waals surface area contributed by atoms with Crippen LogP contribution in [0.2, 0.25) is 0 Å². The molecular weight excluding hydrogens is 1200 g/mol. The second-order valence-electron chi connectivity index (χ2n) is 17.6. The van der Waals surface area contributed by atoms with Crippen LogP contribution in [-0.2, 0) is 19.4 Å². The van der Waals surface area contributed by atoms with Crippen molar-refractivity contribution in [1.82, 2.24) is 19.6 Å². The molecular formula is C89H168N5O4+. The molecule has 3 heterocycles. The summed E-state index contributed by atoms with van der Waals surface area (Å²) in [5, 5.41) is 3.46. The van der Waals surface area contributed by atoms with E-state index in [0.717, 1.165) is 41.2 Å². The molecule has 9 nitrogen and oxygen atoms in total. The number of imide groups is 2. The molecule has 98 heavy (non-hydrogen) atoms. The van der Waals surface area contributed by atoms with Gasteiger partial charge in [-0.15, -0.1) is 0 Å². The molecule has 0 saturated heterocycles. The highest BCUT2D eigenvalue weighted by molar-refractivity contribution is 6.26. The smallest absolute Gasteiger partial charge is 0.261 e. The standard InChI is InChI=1S/2C14H11NO2.C10H12.C7H10N.C6H12.2C4H11N.15C2H6/c2*1-2-15-13(16)10-7-3-5-9-6-4-8-11(12(9)10)14(15)17;1-2-6-10-8-4-3-7-9(10)5-1;1-2-8-6-4-3-5-7-8;1-5(2)6(3)4;2*1-4-5(2)3;15*1-2/h2*3-8H,2H2,1H3;1-2,5-6H,3-4,7-8H2;3-7H,2H2,1H3;1-4H3;2*4H2,1-3H3;15*1-2H3/q;;;+1;;;;;;;;;;;;;;;;;;. The van der Waals surface area contributed by atoms with Crippen LogP contribution < -0.4 is 4.57 Å². The molecule has 6 aromatic rings. The summed E-state index contributed by atoms with van der Waals surface area (Å²) in [6.07, 6.45) is 9.49. The summed E-state index contributed by atoms with van der Waals surface area (Å²) in [6.45, 7) is 82.6. The Morgan fingerprint density at radius 3 is 0.704 bits per heavy atom. The van der Waals surface area contributed by atoms with Crippen molar-refractivity contribution >= 4 is 45.2 Å². The molecule has 1 aliphatic carbocycles. The van der Waals surface area contributed by atoms with Gasteiger partial charge in [-0.25, -0.2) is 4.57 Å². The molecule has 9 rings (SSSR count). The van der Waals surface area contributed by atoms with Crippen LogP contribution in [0.25, 0.3) is 21.5 Å². The summed E-state index contributed by atoms with van der Waals surface area (Å²) in [6, 6.07) is 37.1. The SMILES string of the molecule is CC.CC.CC.CC.CC.CC.CC.CC.CC.CC.CC.CC.CC.CC.CC.CC(C)=C(C)C.CCN(C)C.CCN(C)C.CCN1C(=O)c2cccc3cccc(c23)C1=O.CCN1C(=O)c2cccc3cccc(c23)C1=O.CC[n+]1ccccc1.c1ccc2c(c1)CCCC2. The molecule has 0 fully saturated rings. The number of allylic oxidation sites excluding steroid dienone is 2. The first-order valence-electron chi connectivity index (χ1n) is 39.2. The Hall–Kier alpha value is -6.29. The highest BCUT2D eigenvalue weighted by Gasteiger charge is 2.32. The molecule has 0 saturated carbocycles.